The molecular formula is C32H22Cl2N4. The number of nitrogens with zero attached hydrogens (tertiary/aromatic N) is 4. The zero-order chi connectivity index (χ0) is 25.9. The van der Waals surface area contributed by atoms with Crippen LogP contribution >= 0.6 is 23.2 Å². The van der Waals surface area contributed by atoms with E-state index in [0.29, 0.717) is 11.7 Å². The highest BCUT2D eigenvalue weighted by Gasteiger charge is 2.20. The van der Waals surface area contributed by atoms with Crippen molar-refractivity contribution >= 4 is 34.2 Å². The van der Waals surface area contributed by atoms with Crippen LogP contribution < -0.4 is 0 Å². The van der Waals surface area contributed by atoms with Crippen molar-refractivity contribution in [2.75, 3.05) is 0 Å². The number of rotatable bonds is 5. The molecule has 6 heteroatoms. The number of hydrogen-bond donors (Lipinski definition) is 0. The minimum absolute atomic E-state index is 0.0621. The lowest BCUT2D eigenvalue weighted by atomic mass is 9.95. The molecule has 0 saturated heterocycles. The molecule has 0 radical (unpaired) electrons. The Bertz CT molecular complexity index is 1630. The quantitative estimate of drug-likeness (QED) is 0.168. The van der Waals surface area contributed by atoms with Crippen LogP contribution in [-0.2, 0) is 0 Å². The third kappa shape index (κ3) is 5.28. The zero-order valence-corrected chi connectivity index (χ0v) is 21.8. The molecule has 0 saturated carbocycles. The average Bonchev–Trinajstić information content (AvgIpc) is 2.98. The summed E-state index contributed by atoms with van der Waals surface area (Å²) in [5.74, 6) is 0. The van der Waals surface area contributed by atoms with Crippen LogP contribution in [0.2, 0.25) is 5.28 Å². The lowest BCUT2D eigenvalue weighted by molar-refractivity contribution is 0.757. The maximum atomic E-state index is 6.30. The summed E-state index contributed by atoms with van der Waals surface area (Å²) in [6.07, 6.45) is 0.709. The number of benzene rings is 4. The average molecular weight is 533 g/mol. The van der Waals surface area contributed by atoms with Crippen LogP contribution in [0.1, 0.15) is 23.6 Å². The smallest absolute Gasteiger partial charge is 0.223 e. The van der Waals surface area contributed by atoms with Gasteiger partial charge in [-0.3, -0.25) is 0 Å². The van der Waals surface area contributed by atoms with E-state index >= 15 is 0 Å². The van der Waals surface area contributed by atoms with Crippen LogP contribution in [0.5, 0.6) is 0 Å². The van der Waals surface area contributed by atoms with E-state index in [1.807, 2.05) is 54.6 Å². The van der Waals surface area contributed by atoms with Crippen LogP contribution in [0, 0.1) is 0 Å². The van der Waals surface area contributed by atoms with Gasteiger partial charge in [0.05, 0.1) is 23.1 Å². The maximum Gasteiger partial charge on any atom is 0.223 e. The molecule has 1 aliphatic heterocycles. The molecule has 1 aliphatic rings. The first-order valence-electron chi connectivity index (χ1n) is 12.3. The van der Waals surface area contributed by atoms with E-state index in [2.05, 4.69) is 80.6 Å². The van der Waals surface area contributed by atoms with Crippen molar-refractivity contribution in [2.45, 2.75) is 12.5 Å². The van der Waals surface area contributed by atoms with Gasteiger partial charge in [0.15, 0.2) is 0 Å². The first kappa shape index (κ1) is 24.2. The summed E-state index contributed by atoms with van der Waals surface area (Å²) in [5, 5.41) is 0.520. The molecule has 1 unspecified atom stereocenters. The number of aliphatic imine (C=N–C) groups is 2. The standard InChI is InChI=1S/C32H22Cl2N4/c33-31-35-27(23-7-3-1-4-8-23)19-29(37-31)25-15-11-21(12-16-25)22-13-17-26(18-14-22)30-20-28(36-32(34)38-30)24-9-5-2-6-10-24/h1-19,30H,20H2. The van der Waals surface area contributed by atoms with Gasteiger partial charge in [0.1, 0.15) is 0 Å². The van der Waals surface area contributed by atoms with Crippen LogP contribution in [0.3, 0.4) is 0 Å². The van der Waals surface area contributed by atoms with Gasteiger partial charge < -0.3 is 0 Å². The Morgan fingerprint density at radius 2 is 1.05 bits per heavy atom. The fraction of sp³-hybridized carbons (Fsp3) is 0.0625. The van der Waals surface area contributed by atoms with Crippen LogP contribution in [-0.4, -0.2) is 21.0 Å². The summed E-state index contributed by atoms with van der Waals surface area (Å²) in [6, 6.07) is 38.8. The monoisotopic (exact) mass is 532 g/mol. The van der Waals surface area contributed by atoms with Crippen molar-refractivity contribution in [3.8, 4) is 33.6 Å². The Hall–Kier alpha value is -4.12. The van der Waals surface area contributed by atoms with Gasteiger partial charge in [-0.25, -0.2) is 20.0 Å². The SMILES string of the molecule is ClC1=NC(c2ccc(-c3ccc(-c4cc(-c5ccccc5)nc(Cl)n4)cc3)cc2)CC(c2ccccc2)=N1. The summed E-state index contributed by atoms with van der Waals surface area (Å²) < 4.78 is 0. The summed E-state index contributed by atoms with van der Waals surface area (Å²) in [6.45, 7) is 0. The Labute approximate surface area is 231 Å². The molecule has 184 valence electrons. The summed E-state index contributed by atoms with van der Waals surface area (Å²) in [4.78, 5) is 17.9. The van der Waals surface area contributed by atoms with Crippen molar-refractivity contribution in [3.05, 3.63) is 132 Å². The Kier molecular flexibility index (Phi) is 6.82. The van der Waals surface area contributed by atoms with Crippen molar-refractivity contribution in [1.29, 1.82) is 0 Å². The third-order valence-corrected chi connectivity index (χ3v) is 6.91. The molecule has 6 rings (SSSR count). The normalized spacial score (nSPS) is 15.1. The summed E-state index contributed by atoms with van der Waals surface area (Å²) >= 11 is 12.6. The Morgan fingerprint density at radius 1 is 0.553 bits per heavy atom. The Morgan fingerprint density at radius 3 is 1.66 bits per heavy atom. The van der Waals surface area contributed by atoms with E-state index in [1.54, 1.807) is 0 Å². The highest BCUT2D eigenvalue weighted by molar-refractivity contribution is 6.66. The highest BCUT2D eigenvalue weighted by Crippen LogP contribution is 2.31. The minimum Gasteiger partial charge on any atom is -0.248 e. The van der Waals surface area contributed by atoms with Gasteiger partial charge in [-0.15, -0.1) is 0 Å². The second-order valence-electron chi connectivity index (χ2n) is 9.02. The maximum absolute atomic E-state index is 6.30. The number of aromatic nitrogens is 2. The third-order valence-electron chi connectivity index (χ3n) is 6.56. The fourth-order valence-electron chi connectivity index (χ4n) is 4.60. The van der Waals surface area contributed by atoms with E-state index in [-0.39, 0.29) is 11.3 Å². The van der Waals surface area contributed by atoms with Gasteiger partial charge in [-0.05, 0) is 51.5 Å². The molecule has 0 N–H and O–H groups in total. The second-order valence-corrected chi connectivity index (χ2v) is 9.69. The van der Waals surface area contributed by atoms with E-state index in [4.69, 9.17) is 23.2 Å². The number of amidine groups is 1. The molecule has 4 aromatic carbocycles. The van der Waals surface area contributed by atoms with Crippen molar-refractivity contribution < 1.29 is 0 Å². The molecule has 4 nitrogen and oxygen atoms in total. The lowest BCUT2D eigenvalue weighted by Gasteiger charge is -2.19. The molecule has 1 aromatic heterocycles. The van der Waals surface area contributed by atoms with Gasteiger partial charge in [0.25, 0.3) is 0 Å². The molecular weight excluding hydrogens is 511 g/mol. The fourth-order valence-corrected chi connectivity index (χ4v) is 5.00. The van der Waals surface area contributed by atoms with E-state index in [9.17, 15) is 0 Å². The summed E-state index contributed by atoms with van der Waals surface area (Å²) in [7, 11) is 0. The van der Waals surface area contributed by atoms with Crippen molar-refractivity contribution in [3.63, 3.8) is 0 Å². The minimum atomic E-state index is -0.0621. The molecule has 1 atom stereocenters. The predicted molar refractivity (Wildman–Crippen MR) is 157 cm³/mol. The van der Waals surface area contributed by atoms with Gasteiger partial charge >= 0.3 is 0 Å². The molecule has 0 amide bonds. The van der Waals surface area contributed by atoms with Gasteiger partial charge in [-0.2, -0.15) is 0 Å². The topological polar surface area (TPSA) is 50.5 Å². The lowest BCUT2D eigenvalue weighted by Crippen LogP contribution is -2.14. The van der Waals surface area contributed by atoms with Gasteiger partial charge in [-0.1, -0.05) is 109 Å². The van der Waals surface area contributed by atoms with E-state index in [0.717, 1.165) is 50.5 Å². The number of halogens is 2. The van der Waals surface area contributed by atoms with Crippen molar-refractivity contribution in [2.24, 2.45) is 9.98 Å². The van der Waals surface area contributed by atoms with Crippen LogP contribution in [0.15, 0.2) is 125 Å². The number of hydrogen-bond acceptors (Lipinski definition) is 4. The molecule has 0 spiro atoms. The molecule has 0 aliphatic carbocycles. The molecule has 2 heterocycles. The Balaban J connectivity index is 1.21. The van der Waals surface area contributed by atoms with Gasteiger partial charge in [0, 0.05) is 17.5 Å². The van der Waals surface area contributed by atoms with Crippen molar-refractivity contribution in [1.82, 2.24) is 9.97 Å². The summed E-state index contributed by atoms with van der Waals surface area (Å²) in [5.41, 5.74) is 8.93. The highest BCUT2D eigenvalue weighted by atomic mass is 35.5. The molecule has 0 fully saturated rings. The van der Waals surface area contributed by atoms with E-state index < -0.39 is 0 Å². The van der Waals surface area contributed by atoms with Crippen LogP contribution in [0.4, 0.5) is 0 Å². The molecule has 5 aromatic rings. The largest absolute Gasteiger partial charge is 0.248 e. The second kappa shape index (κ2) is 10.7. The zero-order valence-electron chi connectivity index (χ0n) is 20.3. The van der Waals surface area contributed by atoms with Crippen LogP contribution in [0.25, 0.3) is 33.6 Å². The first-order valence-corrected chi connectivity index (χ1v) is 13.0. The predicted octanol–water partition coefficient (Wildman–Crippen LogP) is 8.66. The molecule has 0 bridgehead atoms. The van der Waals surface area contributed by atoms with Gasteiger partial charge in [0.2, 0.25) is 10.6 Å². The molecule has 38 heavy (non-hydrogen) atoms. The first-order chi connectivity index (χ1) is 18.6. The van der Waals surface area contributed by atoms with E-state index in [1.165, 1.54) is 0 Å².